The van der Waals surface area contributed by atoms with Crippen LogP contribution in [-0.2, 0) is 19.1 Å². The van der Waals surface area contributed by atoms with Crippen LogP contribution in [-0.4, -0.2) is 53.5 Å². The van der Waals surface area contributed by atoms with Gasteiger partial charge in [0.15, 0.2) is 5.78 Å². The van der Waals surface area contributed by atoms with Crippen molar-refractivity contribution in [1.29, 1.82) is 0 Å². The molecule has 1 saturated heterocycles. The highest BCUT2D eigenvalue weighted by Crippen LogP contribution is 2.75. The summed E-state index contributed by atoms with van der Waals surface area (Å²) in [5.41, 5.74) is 0.180. The van der Waals surface area contributed by atoms with Gasteiger partial charge in [-0.15, -0.1) is 0 Å². The van der Waals surface area contributed by atoms with E-state index in [1.165, 1.54) is 31.3 Å². The maximum absolute atomic E-state index is 14.9. The third-order valence-electron chi connectivity index (χ3n) is 15.5. The number of fused-ring (bicyclic) bond motifs is 7. The van der Waals surface area contributed by atoms with E-state index in [0.29, 0.717) is 37.1 Å². The molecule has 6 nitrogen and oxygen atoms in total. The highest BCUT2D eigenvalue weighted by atomic mass is 16.5. The molecule has 0 aromatic carbocycles. The van der Waals surface area contributed by atoms with Gasteiger partial charge in [0.25, 0.3) is 0 Å². The summed E-state index contributed by atoms with van der Waals surface area (Å²) in [5, 5.41) is 10.0. The molecule has 0 amide bonds. The Kier molecular flexibility index (Phi) is 8.02. The summed E-state index contributed by atoms with van der Waals surface area (Å²) < 4.78 is 6.51. The summed E-state index contributed by atoms with van der Waals surface area (Å²) >= 11 is 0. The molecule has 5 fully saturated rings. The van der Waals surface area contributed by atoms with Gasteiger partial charge in [-0.05, 0) is 129 Å². The SMILES string of the molecule is C[C@H]1[C@H](C)CC[C@]2(C)CC[C@]3(C)C(=CC(=O)[C@@H]4[C@@]5(C)C(OC(=O)CN6CCCCC6)CCC(C)(CC(=O)O)[C@@H]5CC[C@]43C)[C@H]12. The predicted octanol–water partition coefficient (Wildman–Crippen LogP) is 7.70. The van der Waals surface area contributed by atoms with Crippen LogP contribution in [0.3, 0.4) is 0 Å². The number of carboxylic acids is 1. The van der Waals surface area contributed by atoms with Crippen LogP contribution < -0.4 is 0 Å². The molecule has 0 aromatic heterocycles. The number of hydrogen-bond acceptors (Lipinski definition) is 5. The molecule has 5 aliphatic carbocycles. The first-order valence-electron chi connectivity index (χ1n) is 18.0. The smallest absolute Gasteiger partial charge is 0.320 e. The monoisotopic (exact) mass is 609 g/mol. The fourth-order valence-corrected chi connectivity index (χ4v) is 12.7. The second-order valence-corrected chi connectivity index (χ2v) is 17.7. The van der Waals surface area contributed by atoms with E-state index in [0.717, 1.165) is 45.2 Å². The molecule has 4 saturated carbocycles. The van der Waals surface area contributed by atoms with Crippen molar-refractivity contribution in [3.63, 3.8) is 0 Å². The molecule has 1 aliphatic heterocycles. The lowest BCUT2D eigenvalue weighted by Crippen LogP contribution is -2.69. The Bertz CT molecular complexity index is 1220. The van der Waals surface area contributed by atoms with Crippen molar-refractivity contribution in [1.82, 2.24) is 4.90 Å². The quantitative estimate of drug-likeness (QED) is 0.322. The van der Waals surface area contributed by atoms with E-state index in [-0.39, 0.29) is 52.4 Å². The number of rotatable bonds is 5. The van der Waals surface area contributed by atoms with Gasteiger partial charge in [-0.2, -0.15) is 0 Å². The topological polar surface area (TPSA) is 83.9 Å². The highest BCUT2D eigenvalue weighted by Gasteiger charge is 2.72. The summed E-state index contributed by atoms with van der Waals surface area (Å²) in [7, 11) is 0. The van der Waals surface area contributed by atoms with Crippen LogP contribution in [0.4, 0.5) is 0 Å². The molecule has 0 aromatic rings. The molecule has 6 heteroatoms. The Morgan fingerprint density at radius 1 is 0.932 bits per heavy atom. The second kappa shape index (κ2) is 10.9. The first-order chi connectivity index (χ1) is 20.6. The van der Waals surface area contributed by atoms with Crippen LogP contribution in [0.15, 0.2) is 11.6 Å². The number of carbonyl (C=O) groups excluding carboxylic acids is 2. The van der Waals surface area contributed by atoms with Gasteiger partial charge in [-0.3, -0.25) is 19.3 Å². The lowest BCUT2D eigenvalue weighted by Gasteiger charge is -2.71. The van der Waals surface area contributed by atoms with E-state index in [1.54, 1.807) is 0 Å². The van der Waals surface area contributed by atoms with Crippen molar-refractivity contribution in [2.45, 2.75) is 132 Å². The summed E-state index contributed by atoms with van der Waals surface area (Å²) in [4.78, 5) is 42.9. The zero-order valence-corrected chi connectivity index (χ0v) is 28.7. The van der Waals surface area contributed by atoms with Crippen LogP contribution in [0.2, 0.25) is 0 Å². The predicted molar refractivity (Wildman–Crippen MR) is 172 cm³/mol. The number of esters is 1. The zero-order valence-electron chi connectivity index (χ0n) is 28.7. The van der Waals surface area contributed by atoms with Crippen LogP contribution >= 0.6 is 0 Å². The molecule has 246 valence electrons. The molecular weight excluding hydrogens is 550 g/mol. The van der Waals surface area contributed by atoms with Crippen LogP contribution in [0.1, 0.15) is 126 Å². The Hall–Kier alpha value is -1.69. The number of nitrogens with zero attached hydrogens (tertiary/aromatic N) is 1. The molecule has 11 atom stereocenters. The maximum atomic E-state index is 14.9. The number of carbonyl (C=O) groups is 3. The first-order valence-corrected chi connectivity index (χ1v) is 18.0. The van der Waals surface area contributed by atoms with Crippen molar-refractivity contribution in [3.8, 4) is 0 Å². The molecule has 1 heterocycles. The third-order valence-corrected chi connectivity index (χ3v) is 15.5. The van der Waals surface area contributed by atoms with E-state index < -0.39 is 16.8 Å². The van der Waals surface area contributed by atoms with Gasteiger partial charge in [0, 0.05) is 11.3 Å². The summed E-state index contributed by atoms with van der Waals surface area (Å²) in [5.74, 6) is 0.535. The van der Waals surface area contributed by atoms with Crippen molar-refractivity contribution in [2.75, 3.05) is 19.6 Å². The second-order valence-electron chi connectivity index (χ2n) is 17.7. The standard InChI is InChI=1S/C38H59NO5/c1-24-11-14-34(3)17-18-36(5)26(32(34)25(24)2)21-27(40)33-37(36,6)16-12-28-35(4,22-30(41)42)15-13-29(38(28,33)7)44-31(43)23-39-19-9-8-10-20-39/h21,24-25,28-29,32-33H,8-20,22-23H2,1-7H3,(H,41,42)/t24-,25+,28+,29?,32+,33+,34-,35?,36-,37-,38-/m1/s1. The number of ketones is 1. The van der Waals surface area contributed by atoms with Gasteiger partial charge in [0.05, 0.1) is 13.0 Å². The van der Waals surface area contributed by atoms with Crippen LogP contribution in [0.5, 0.6) is 0 Å². The van der Waals surface area contributed by atoms with Gasteiger partial charge in [0.2, 0.25) is 0 Å². The fourth-order valence-electron chi connectivity index (χ4n) is 12.7. The normalized spacial score (nSPS) is 49.1. The number of aliphatic carboxylic acids is 1. The van der Waals surface area contributed by atoms with Crippen LogP contribution in [0, 0.1) is 56.7 Å². The molecule has 6 aliphatic rings. The summed E-state index contributed by atoms with van der Waals surface area (Å²) in [6, 6.07) is 0. The van der Waals surface area contributed by atoms with E-state index in [2.05, 4.69) is 59.4 Å². The molecule has 6 rings (SSSR count). The highest BCUT2D eigenvalue weighted by molar-refractivity contribution is 5.96. The zero-order chi connectivity index (χ0) is 31.9. The van der Waals surface area contributed by atoms with Crippen molar-refractivity contribution in [2.24, 2.45) is 56.7 Å². The minimum Gasteiger partial charge on any atom is -0.481 e. The van der Waals surface area contributed by atoms with E-state index in [4.69, 9.17) is 4.74 Å². The molecule has 0 bridgehead atoms. The Morgan fingerprint density at radius 3 is 2.32 bits per heavy atom. The molecular formula is C38H59NO5. The van der Waals surface area contributed by atoms with E-state index in [9.17, 15) is 19.5 Å². The minimum absolute atomic E-state index is 0.00399. The Labute approximate surface area is 266 Å². The molecule has 2 unspecified atom stereocenters. The third kappa shape index (κ3) is 4.68. The average Bonchev–Trinajstić information content (AvgIpc) is 2.94. The van der Waals surface area contributed by atoms with Gasteiger partial charge in [-0.1, -0.05) is 60.5 Å². The van der Waals surface area contributed by atoms with E-state index >= 15 is 0 Å². The van der Waals surface area contributed by atoms with Gasteiger partial charge < -0.3 is 9.84 Å². The lowest BCUT2D eigenvalue weighted by atomic mass is 9.33. The van der Waals surface area contributed by atoms with Crippen molar-refractivity contribution < 1.29 is 24.2 Å². The number of ether oxygens (including phenoxy) is 1. The van der Waals surface area contributed by atoms with Gasteiger partial charge >= 0.3 is 11.9 Å². The molecule has 1 N–H and O–H groups in total. The van der Waals surface area contributed by atoms with Gasteiger partial charge in [-0.25, -0.2) is 0 Å². The first kappa shape index (κ1) is 32.3. The number of allylic oxidation sites excluding steroid dienone is 2. The maximum Gasteiger partial charge on any atom is 0.320 e. The molecule has 0 radical (unpaired) electrons. The fraction of sp³-hybridized carbons (Fsp3) is 0.868. The number of carboxylic acid groups (broad SMARTS) is 1. The molecule has 44 heavy (non-hydrogen) atoms. The Balaban J connectivity index is 1.42. The Morgan fingerprint density at radius 2 is 1.64 bits per heavy atom. The van der Waals surface area contributed by atoms with Gasteiger partial charge in [0.1, 0.15) is 6.10 Å². The minimum atomic E-state index is -0.778. The lowest BCUT2D eigenvalue weighted by molar-refractivity contribution is -0.229. The largest absolute Gasteiger partial charge is 0.481 e. The number of hydrogen-bond donors (Lipinski definition) is 1. The van der Waals surface area contributed by atoms with E-state index in [1.807, 2.05) is 0 Å². The van der Waals surface area contributed by atoms with Crippen LogP contribution in [0.25, 0.3) is 0 Å². The summed E-state index contributed by atoms with van der Waals surface area (Å²) in [6.07, 6.45) is 13.1. The summed E-state index contributed by atoms with van der Waals surface area (Å²) in [6.45, 7) is 18.7. The number of piperidine rings is 1. The van der Waals surface area contributed by atoms with Crippen molar-refractivity contribution in [3.05, 3.63) is 11.6 Å². The van der Waals surface area contributed by atoms with Crippen molar-refractivity contribution >= 4 is 17.7 Å². The average molecular weight is 610 g/mol. The number of likely N-dealkylation sites (tertiary alicyclic amines) is 1. The molecule has 0 spiro atoms.